The maximum atomic E-state index is 12.4. The monoisotopic (exact) mass is 357 g/mol. The van der Waals surface area contributed by atoms with Crippen LogP contribution in [0.2, 0.25) is 0 Å². The lowest BCUT2D eigenvalue weighted by Gasteiger charge is -2.22. The van der Waals surface area contributed by atoms with E-state index < -0.39 is 6.04 Å². The lowest BCUT2D eigenvalue weighted by Crippen LogP contribution is -2.42. The molecule has 0 aliphatic carbocycles. The number of carbonyl (C=O) groups is 2. The molecule has 2 atom stereocenters. The molecule has 0 saturated heterocycles. The summed E-state index contributed by atoms with van der Waals surface area (Å²) in [6, 6.07) is 9.20. The van der Waals surface area contributed by atoms with Crippen molar-refractivity contribution in [3.63, 3.8) is 0 Å². The van der Waals surface area contributed by atoms with Crippen LogP contribution in [0.1, 0.15) is 50.0 Å². The molecular formula is C20H27N3O3. The van der Waals surface area contributed by atoms with Crippen molar-refractivity contribution >= 4 is 17.6 Å². The van der Waals surface area contributed by atoms with E-state index in [0.29, 0.717) is 23.9 Å². The zero-order valence-corrected chi connectivity index (χ0v) is 16.0. The third-order valence-electron chi connectivity index (χ3n) is 4.37. The summed E-state index contributed by atoms with van der Waals surface area (Å²) in [5.41, 5.74) is 2.32. The minimum absolute atomic E-state index is 0.101. The fraction of sp³-hybridized carbons (Fsp3) is 0.450. The topological polar surface area (TPSA) is 84.2 Å². The Morgan fingerprint density at radius 1 is 1.12 bits per heavy atom. The van der Waals surface area contributed by atoms with Gasteiger partial charge >= 0.3 is 0 Å². The molecule has 2 N–H and O–H groups in total. The molecule has 0 radical (unpaired) electrons. The molecule has 6 nitrogen and oxygen atoms in total. The Labute approximate surface area is 154 Å². The number of amides is 2. The van der Waals surface area contributed by atoms with Crippen LogP contribution in [0.4, 0.5) is 5.82 Å². The smallest absolute Gasteiger partial charge is 0.247 e. The number of hydrogen-bond donors (Lipinski definition) is 2. The number of anilines is 1. The predicted octanol–water partition coefficient (Wildman–Crippen LogP) is 3.56. The quantitative estimate of drug-likeness (QED) is 0.793. The zero-order chi connectivity index (χ0) is 19.3. The summed E-state index contributed by atoms with van der Waals surface area (Å²) in [7, 11) is 0. The Morgan fingerprint density at radius 2 is 1.77 bits per heavy atom. The van der Waals surface area contributed by atoms with Crippen molar-refractivity contribution in [3.05, 3.63) is 47.2 Å². The lowest BCUT2D eigenvalue weighted by atomic mass is 9.85. The second-order valence-corrected chi connectivity index (χ2v) is 7.07. The summed E-state index contributed by atoms with van der Waals surface area (Å²) in [4.78, 5) is 24.6. The molecule has 0 spiro atoms. The van der Waals surface area contributed by atoms with E-state index in [4.69, 9.17) is 4.52 Å². The molecule has 26 heavy (non-hydrogen) atoms. The van der Waals surface area contributed by atoms with Crippen molar-refractivity contribution in [3.8, 4) is 0 Å². The first-order valence-corrected chi connectivity index (χ1v) is 8.86. The van der Waals surface area contributed by atoms with Gasteiger partial charge in [-0.3, -0.25) is 9.59 Å². The Bertz CT molecular complexity index is 750. The SMILES string of the molecule is Cc1ccc(C(CC(=O)N[C@@H](C)C(=O)Nc2cc(C)on2)C(C)C)cc1. The van der Waals surface area contributed by atoms with Crippen molar-refractivity contribution in [2.45, 2.75) is 53.0 Å². The molecule has 2 amide bonds. The molecule has 2 rings (SSSR count). The molecule has 0 saturated carbocycles. The fourth-order valence-electron chi connectivity index (χ4n) is 2.78. The highest BCUT2D eigenvalue weighted by Gasteiger charge is 2.22. The van der Waals surface area contributed by atoms with Gasteiger partial charge in [-0.15, -0.1) is 0 Å². The second kappa shape index (κ2) is 8.65. The van der Waals surface area contributed by atoms with Crippen LogP contribution in [0.5, 0.6) is 0 Å². The molecule has 0 fully saturated rings. The van der Waals surface area contributed by atoms with E-state index in [2.05, 4.69) is 53.9 Å². The average Bonchev–Trinajstić information content (AvgIpc) is 2.98. The first-order valence-electron chi connectivity index (χ1n) is 8.86. The first-order chi connectivity index (χ1) is 12.3. The number of benzene rings is 1. The van der Waals surface area contributed by atoms with E-state index in [1.807, 2.05) is 6.92 Å². The van der Waals surface area contributed by atoms with Gasteiger partial charge in [0.25, 0.3) is 0 Å². The standard InChI is InChI=1S/C20H27N3O3/c1-12(2)17(16-8-6-13(3)7-9-16)11-19(24)21-15(5)20(25)22-18-10-14(4)26-23-18/h6-10,12,15,17H,11H2,1-5H3,(H,21,24)(H,22,23,25)/t15-,17?/m0/s1. The maximum Gasteiger partial charge on any atom is 0.247 e. The molecular weight excluding hydrogens is 330 g/mol. The molecule has 0 aliphatic rings. The van der Waals surface area contributed by atoms with Gasteiger partial charge in [-0.05, 0) is 38.2 Å². The fourth-order valence-corrected chi connectivity index (χ4v) is 2.78. The van der Waals surface area contributed by atoms with Crippen LogP contribution in [-0.2, 0) is 9.59 Å². The van der Waals surface area contributed by atoms with Crippen molar-refractivity contribution in [1.29, 1.82) is 0 Å². The van der Waals surface area contributed by atoms with Gasteiger partial charge in [0, 0.05) is 12.5 Å². The van der Waals surface area contributed by atoms with E-state index in [0.717, 1.165) is 5.56 Å². The molecule has 1 unspecified atom stereocenters. The van der Waals surface area contributed by atoms with Crippen molar-refractivity contribution in [2.24, 2.45) is 5.92 Å². The Morgan fingerprint density at radius 3 is 2.31 bits per heavy atom. The van der Waals surface area contributed by atoms with Gasteiger partial charge in [-0.25, -0.2) is 0 Å². The van der Waals surface area contributed by atoms with Gasteiger partial charge in [-0.1, -0.05) is 48.8 Å². The summed E-state index contributed by atoms with van der Waals surface area (Å²) in [6.45, 7) is 9.63. The van der Waals surface area contributed by atoms with Crippen LogP contribution < -0.4 is 10.6 Å². The molecule has 6 heteroatoms. The zero-order valence-electron chi connectivity index (χ0n) is 16.0. The number of rotatable bonds is 7. The molecule has 2 aromatic rings. The van der Waals surface area contributed by atoms with E-state index in [9.17, 15) is 9.59 Å². The summed E-state index contributed by atoms with van der Waals surface area (Å²) in [5.74, 6) is 0.879. The summed E-state index contributed by atoms with van der Waals surface area (Å²) >= 11 is 0. The number of aryl methyl sites for hydroxylation is 2. The van der Waals surface area contributed by atoms with Crippen LogP contribution in [0.15, 0.2) is 34.9 Å². The van der Waals surface area contributed by atoms with Gasteiger partial charge in [0.05, 0.1) is 0 Å². The molecule has 1 heterocycles. The van der Waals surface area contributed by atoms with Crippen molar-refractivity contribution < 1.29 is 14.1 Å². The highest BCUT2D eigenvalue weighted by atomic mass is 16.5. The lowest BCUT2D eigenvalue weighted by molar-refractivity contribution is -0.126. The number of hydrogen-bond acceptors (Lipinski definition) is 4. The van der Waals surface area contributed by atoms with Crippen LogP contribution in [-0.4, -0.2) is 23.0 Å². The van der Waals surface area contributed by atoms with Gasteiger partial charge < -0.3 is 15.2 Å². The molecule has 140 valence electrons. The Kier molecular flexibility index (Phi) is 6.55. The van der Waals surface area contributed by atoms with Gasteiger partial charge in [-0.2, -0.15) is 0 Å². The predicted molar refractivity (Wildman–Crippen MR) is 101 cm³/mol. The largest absolute Gasteiger partial charge is 0.360 e. The van der Waals surface area contributed by atoms with Crippen molar-refractivity contribution in [1.82, 2.24) is 10.5 Å². The number of aromatic nitrogens is 1. The third kappa shape index (κ3) is 5.44. The Balaban J connectivity index is 1.94. The minimum atomic E-state index is -0.662. The second-order valence-electron chi connectivity index (χ2n) is 7.07. The number of nitrogens with zero attached hydrogens (tertiary/aromatic N) is 1. The van der Waals surface area contributed by atoms with Crippen LogP contribution in [0.3, 0.4) is 0 Å². The summed E-state index contributed by atoms with van der Waals surface area (Å²) in [6.07, 6.45) is 0.335. The highest BCUT2D eigenvalue weighted by molar-refractivity contribution is 5.96. The van der Waals surface area contributed by atoms with Crippen molar-refractivity contribution in [2.75, 3.05) is 5.32 Å². The maximum absolute atomic E-state index is 12.4. The summed E-state index contributed by atoms with van der Waals surface area (Å²) < 4.78 is 4.91. The first kappa shape index (κ1) is 19.7. The van der Waals surface area contributed by atoms with Gasteiger partial charge in [0.2, 0.25) is 11.8 Å². The minimum Gasteiger partial charge on any atom is -0.360 e. The molecule has 0 aliphatic heterocycles. The third-order valence-corrected chi connectivity index (χ3v) is 4.37. The van der Waals surface area contributed by atoms with Crippen LogP contribution in [0.25, 0.3) is 0 Å². The number of nitrogens with one attached hydrogen (secondary N) is 2. The normalized spacial score (nSPS) is 13.3. The van der Waals surface area contributed by atoms with E-state index in [1.54, 1.807) is 19.9 Å². The number of carbonyl (C=O) groups excluding carboxylic acids is 2. The van der Waals surface area contributed by atoms with E-state index >= 15 is 0 Å². The van der Waals surface area contributed by atoms with E-state index in [-0.39, 0.29) is 17.7 Å². The molecule has 0 bridgehead atoms. The van der Waals surface area contributed by atoms with Crippen LogP contribution >= 0.6 is 0 Å². The average molecular weight is 357 g/mol. The summed E-state index contributed by atoms with van der Waals surface area (Å²) in [5, 5.41) is 9.10. The van der Waals surface area contributed by atoms with Gasteiger partial charge in [0.1, 0.15) is 11.8 Å². The van der Waals surface area contributed by atoms with E-state index in [1.165, 1.54) is 5.56 Å². The molecule has 1 aromatic carbocycles. The Hall–Kier alpha value is -2.63. The van der Waals surface area contributed by atoms with Gasteiger partial charge in [0.15, 0.2) is 5.82 Å². The van der Waals surface area contributed by atoms with Crippen LogP contribution in [0, 0.1) is 19.8 Å². The highest BCUT2D eigenvalue weighted by Crippen LogP contribution is 2.28. The molecule has 1 aromatic heterocycles.